The summed E-state index contributed by atoms with van der Waals surface area (Å²) < 4.78 is 0. The fourth-order valence-corrected chi connectivity index (χ4v) is 3.96. The van der Waals surface area contributed by atoms with E-state index in [0.717, 1.165) is 6.42 Å². The molecule has 0 aromatic heterocycles. The van der Waals surface area contributed by atoms with Gasteiger partial charge in [-0.3, -0.25) is 0 Å². The average Bonchev–Trinajstić information content (AvgIpc) is 2.74. The Hall–Kier alpha value is -0.830. The standard InChI is InChI=1S/C27H52O3/c1-2-3-4-5-6-7-8-9-10-11-12-13-14-15-16-17-18-19-20-21-22-23-24-25-26(28)27(29)30/h23-24,26,28H,2-22,25H2,1H3,(H,29,30)/b24-23+. The molecule has 0 spiro atoms. The van der Waals surface area contributed by atoms with Crippen molar-refractivity contribution in [2.75, 3.05) is 0 Å². The minimum Gasteiger partial charge on any atom is -0.479 e. The lowest BCUT2D eigenvalue weighted by atomic mass is 10.0. The third kappa shape index (κ3) is 23.4. The molecule has 0 aliphatic carbocycles. The van der Waals surface area contributed by atoms with E-state index < -0.39 is 12.1 Å². The molecule has 0 saturated carbocycles. The number of carboxylic acids is 1. The van der Waals surface area contributed by atoms with Gasteiger partial charge in [0.05, 0.1) is 0 Å². The summed E-state index contributed by atoms with van der Waals surface area (Å²) in [5, 5.41) is 17.7. The number of carboxylic acid groups (broad SMARTS) is 1. The second-order valence-electron chi connectivity index (χ2n) is 9.07. The van der Waals surface area contributed by atoms with E-state index in [4.69, 9.17) is 10.2 Å². The van der Waals surface area contributed by atoms with Gasteiger partial charge >= 0.3 is 5.97 Å². The van der Waals surface area contributed by atoms with Crippen LogP contribution < -0.4 is 0 Å². The summed E-state index contributed by atoms with van der Waals surface area (Å²) in [6.07, 6.45) is 31.7. The van der Waals surface area contributed by atoms with Crippen molar-refractivity contribution in [1.29, 1.82) is 0 Å². The highest BCUT2D eigenvalue weighted by atomic mass is 16.4. The predicted octanol–water partition coefficient (Wildman–Crippen LogP) is 8.59. The van der Waals surface area contributed by atoms with Crippen LogP contribution in [0.4, 0.5) is 0 Å². The normalized spacial score (nSPS) is 12.6. The summed E-state index contributed by atoms with van der Waals surface area (Å²) in [7, 11) is 0. The van der Waals surface area contributed by atoms with E-state index in [9.17, 15) is 4.79 Å². The van der Waals surface area contributed by atoms with Gasteiger partial charge in [-0.15, -0.1) is 0 Å². The van der Waals surface area contributed by atoms with Crippen LogP contribution in [0.3, 0.4) is 0 Å². The van der Waals surface area contributed by atoms with E-state index in [0.29, 0.717) is 0 Å². The Morgan fingerprint density at radius 2 is 0.933 bits per heavy atom. The van der Waals surface area contributed by atoms with Gasteiger partial charge < -0.3 is 10.2 Å². The Morgan fingerprint density at radius 1 is 0.600 bits per heavy atom. The number of rotatable bonds is 24. The topological polar surface area (TPSA) is 57.5 Å². The molecule has 0 aromatic rings. The SMILES string of the molecule is CCCCCCCCCCCCCCCCCCCCCC/C=C/CC(O)C(=O)O. The van der Waals surface area contributed by atoms with Gasteiger partial charge in [0.15, 0.2) is 6.10 Å². The first-order valence-corrected chi connectivity index (χ1v) is 13.2. The number of aliphatic carboxylic acids is 1. The van der Waals surface area contributed by atoms with Crippen LogP contribution in [-0.4, -0.2) is 22.3 Å². The van der Waals surface area contributed by atoms with Crippen molar-refractivity contribution in [3.05, 3.63) is 12.2 Å². The van der Waals surface area contributed by atoms with Crippen molar-refractivity contribution in [2.45, 2.75) is 154 Å². The largest absolute Gasteiger partial charge is 0.479 e. The first-order valence-electron chi connectivity index (χ1n) is 13.2. The van der Waals surface area contributed by atoms with Gasteiger partial charge in [0.2, 0.25) is 0 Å². The van der Waals surface area contributed by atoms with Crippen LogP contribution in [0.5, 0.6) is 0 Å². The summed E-state index contributed by atoms with van der Waals surface area (Å²) in [5.74, 6) is -1.14. The van der Waals surface area contributed by atoms with Gasteiger partial charge in [-0.25, -0.2) is 4.79 Å². The number of allylic oxidation sites excluding steroid dienone is 1. The highest BCUT2D eigenvalue weighted by Crippen LogP contribution is 2.15. The van der Waals surface area contributed by atoms with Gasteiger partial charge in [-0.05, 0) is 12.8 Å². The molecule has 3 heteroatoms. The third-order valence-electron chi connectivity index (χ3n) is 6.04. The van der Waals surface area contributed by atoms with Gasteiger partial charge in [0.25, 0.3) is 0 Å². The van der Waals surface area contributed by atoms with Crippen molar-refractivity contribution < 1.29 is 15.0 Å². The van der Waals surface area contributed by atoms with Crippen LogP contribution in [-0.2, 0) is 4.79 Å². The zero-order chi connectivity index (χ0) is 22.1. The van der Waals surface area contributed by atoms with E-state index in [1.807, 2.05) is 6.08 Å². The molecule has 0 heterocycles. The van der Waals surface area contributed by atoms with Crippen LogP contribution in [0.25, 0.3) is 0 Å². The Bertz CT molecular complexity index is 378. The fourth-order valence-electron chi connectivity index (χ4n) is 3.96. The molecule has 178 valence electrons. The van der Waals surface area contributed by atoms with E-state index in [1.54, 1.807) is 6.08 Å². The highest BCUT2D eigenvalue weighted by molar-refractivity contribution is 5.72. The number of carbonyl (C=O) groups is 1. The van der Waals surface area contributed by atoms with Crippen molar-refractivity contribution >= 4 is 5.97 Å². The van der Waals surface area contributed by atoms with Crippen LogP contribution in [0.2, 0.25) is 0 Å². The predicted molar refractivity (Wildman–Crippen MR) is 130 cm³/mol. The van der Waals surface area contributed by atoms with E-state index in [-0.39, 0.29) is 6.42 Å². The minimum atomic E-state index is -1.25. The Balaban J connectivity index is 3.10. The molecule has 0 amide bonds. The van der Waals surface area contributed by atoms with Crippen molar-refractivity contribution in [3.63, 3.8) is 0 Å². The summed E-state index contributed by atoms with van der Waals surface area (Å²) in [5.41, 5.74) is 0. The summed E-state index contributed by atoms with van der Waals surface area (Å²) in [6.45, 7) is 2.29. The van der Waals surface area contributed by atoms with Crippen molar-refractivity contribution in [3.8, 4) is 0 Å². The molecular formula is C27H52O3. The summed E-state index contributed by atoms with van der Waals surface area (Å²) >= 11 is 0. The number of unbranched alkanes of at least 4 members (excludes halogenated alkanes) is 20. The number of aliphatic hydroxyl groups is 1. The van der Waals surface area contributed by atoms with Crippen LogP contribution >= 0.6 is 0 Å². The molecule has 1 unspecified atom stereocenters. The molecule has 30 heavy (non-hydrogen) atoms. The lowest BCUT2D eigenvalue weighted by Gasteiger charge is -2.04. The molecule has 0 radical (unpaired) electrons. The number of aliphatic hydroxyl groups excluding tert-OH is 1. The molecule has 2 N–H and O–H groups in total. The van der Waals surface area contributed by atoms with E-state index in [2.05, 4.69) is 6.92 Å². The zero-order valence-corrected chi connectivity index (χ0v) is 20.1. The Labute approximate surface area is 187 Å². The van der Waals surface area contributed by atoms with Crippen molar-refractivity contribution in [1.82, 2.24) is 0 Å². The molecule has 3 nitrogen and oxygen atoms in total. The highest BCUT2D eigenvalue weighted by Gasteiger charge is 2.09. The maximum atomic E-state index is 10.5. The van der Waals surface area contributed by atoms with Gasteiger partial charge in [0.1, 0.15) is 0 Å². The third-order valence-corrected chi connectivity index (χ3v) is 6.04. The molecule has 0 bridgehead atoms. The van der Waals surface area contributed by atoms with E-state index >= 15 is 0 Å². The quantitative estimate of drug-likeness (QED) is 0.120. The van der Waals surface area contributed by atoms with Crippen LogP contribution in [0.1, 0.15) is 148 Å². The van der Waals surface area contributed by atoms with Crippen LogP contribution in [0.15, 0.2) is 12.2 Å². The number of hydrogen-bond donors (Lipinski definition) is 2. The van der Waals surface area contributed by atoms with Gasteiger partial charge in [0, 0.05) is 6.42 Å². The van der Waals surface area contributed by atoms with Crippen LogP contribution in [0, 0.1) is 0 Å². The summed E-state index contributed by atoms with van der Waals surface area (Å²) in [4.78, 5) is 10.5. The summed E-state index contributed by atoms with van der Waals surface area (Å²) in [6, 6.07) is 0. The fraction of sp³-hybridized carbons (Fsp3) is 0.889. The molecule has 0 saturated heterocycles. The molecule has 0 aliphatic rings. The number of hydrogen-bond acceptors (Lipinski definition) is 2. The lowest BCUT2D eigenvalue weighted by Crippen LogP contribution is -2.17. The zero-order valence-electron chi connectivity index (χ0n) is 20.1. The van der Waals surface area contributed by atoms with E-state index in [1.165, 1.54) is 128 Å². The maximum Gasteiger partial charge on any atom is 0.332 e. The first-order chi connectivity index (χ1) is 14.7. The second kappa shape index (κ2) is 24.4. The molecule has 0 aromatic carbocycles. The van der Waals surface area contributed by atoms with Gasteiger partial charge in [-0.2, -0.15) is 0 Å². The molecule has 0 aliphatic heterocycles. The maximum absolute atomic E-state index is 10.5. The molecule has 0 rings (SSSR count). The molecular weight excluding hydrogens is 372 g/mol. The van der Waals surface area contributed by atoms with Crippen molar-refractivity contribution in [2.24, 2.45) is 0 Å². The Kier molecular flexibility index (Phi) is 23.8. The minimum absolute atomic E-state index is 0.217. The molecule has 0 fully saturated rings. The Morgan fingerprint density at radius 3 is 1.27 bits per heavy atom. The second-order valence-corrected chi connectivity index (χ2v) is 9.07. The molecule has 1 atom stereocenters. The van der Waals surface area contributed by atoms with Gasteiger partial charge in [-0.1, -0.05) is 141 Å². The average molecular weight is 425 g/mol. The first kappa shape index (κ1) is 29.2. The monoisotopic (exact) mass is 424 g/mol. The lowest BCUT2D eigenvalue weighted by molar-refractivity contribution is -0.146. The smallest absolute Gasteiger partial charge is 0.332 e.